The molecule has 0 spiro atoms. The van der Waals surface area contributed by atoms with E-state index in [0.717, 1.165) is 68.8 Å². The lowest BCUT2D eigenvalue weighted by molar-refractivity contribution is -0.137. The monoisotopic (exact) mass is 472 g/mol. The number of halogens is 3. The molecule has 3 atom stereocenters. The van der Waals surface area contributed by atoms with Crippen LogP contribution in [0.15, 0.2) is 24.4 Å². The number of nitrogens with one attached hydrogen (secondary N) is 3. The van der Waals surface area contributed by atoms with E-state index in [1.807, 2.05) is 23.1 Å². The topological polar surface area (TPSA) is 82.2 Å². The number of fused-ring (bicyclic) bond motifs is 5. The summed E-state index contributed by atoms with van der Waals surface area (Å²) in [5, 5.41) is 9.31. The predicted octanol–water partition coefficient (Wildman–Crippen LogP) is 4.67. The second kappa shape index (κ2) is 8.11. The van der Waals surface area contributed by atoms with Crippen molar-refractivity contribution in [1.82, 2.24) is 20.2 Å². The lowest BCUT2D eigenvalue weighted by Crippen LogP contribution is -2.42. The van der Waals surface area contributed by atoms with Crippen molar-refractivity contribution >= 4 is 23.4 Å². The van der Waals surface area contributed by atoms with Gasteiger partial charge in [-0.25, -0.2) is 4.98 Å². The Bertz CT molecular complexity index is 1110. The molecule has 7 nitrogen and oxygen atoms in total. The zero-order chi connectivity index (χ0) is 23.4. The highest BCUT2D eigenvalue weighted by Gasteiger charge is 2.48. The lowest BCUT2D eigenvalue weighted by Gasteiger charge is -2.28. The van der Waals surface area contributed by atoms with E-state index >= 15 is 0 Å². The Kier molecular flexibility index (Phi) is 5.16. The van der Waals surface area contributed by atoms with Gasteiger partial charge in [0.25, 0.3) is 0 Å². The number of anilines is 3. The second-order valence-corrected chi connectivity index (χ2v) is 9.70. The maximum atomic E-state index is 13.5. The number of carbonyl (C=O) groups excluding carboxylic acids is 1. The highest BCUT2D eigenvalue weighted by molar-refractivity contribution is 5.84. The summed E-state index contributed by atoms with van der Waals surface area (Å²) in [6, 6.07) is 5.94. The van der Waals surface area contributed by atoms with Crippen molar-refractivity contribution in [1.29, 1.82) is 0 Å². The fraction of sp³-hybridized carbons (Fsp3) is 0.542. The Morgan fingerprint density at radius 3 is 2.53 bits per heavy atom. The fourth-order valence-electron chi connectivity index (χ4n) is 5.68. The van der Waals surface area contributed by atoms with Crippen LogP contribution in [0.3, 0.4) is 0 Å². The number of benzene rings is 1. The molecule has 34 heavy (non-hydrogen) atoms. The van der Waals surface area contributed by atoms with Gasteiger partial charge in [0, 0.05) is 17.9 Å². The van der Waals surface area contributed by atoms with Crippen LogP contribution in [0.5, 0.6) is 0 Å². The second-order valence-electron chi connectivity index (χ2n) is 9.70. The third-order valence-electron chi connectivity index (χ3n) is 7.60. The molecule has 0 unspecified atom stereocenters. The minimum absolute atomic E-state index is 0.0114. The van der Waals surface area contributed by atoms with Crippen LogP contribution in [-0.2, 0) is 11.0 Å². The van der Waals surface area contributed by atoms with Crippen LogP contribution in [-0.4, -0.2) is 39.4 Å². The molecule has 1 aliphatic carbocycles. The van der Waals surface area contributed by atoms with Crippen molar-refractivity contribution in [2.45, 2.75) is 75.3 Å². The number of rotatable bonds is 5. The predicted molar refractivity (Wildman–Crippen MR) is 121 cm³/mol. The molecule has 2 aromatic rings. The van der Waals surface area contributed by atoms with Crippen molar-refractivity contribution in [3.8, 4) is 0 Å². The number of hydrogen-bond acceptors (Lipinski definition) is 6. The first kappa shape index (κ1) is 21.6. The molecule has 180 valence electrons. The van der Waals surface area contributed by atoms with Gasteiger partial charge >= 0.3 is 6.18 Å². The molecule has 3 aliphatic heterocycles. The highest BCUT2D eigenvalue weighted by Crippen LogP contribution is 2.54. The van der Waals surface area contributed by atoms with Gasteiger partial charge in [0.1, 0.15) is 11.4 Å². The van der Waals surface area contributed by atoms with Gasteiger partial charge in [-0.05, 0) is 74.8 Å². The van der Waals surface area contributed by atoms with E-state index < -0.39 is 11.7 Å². The highest BCUT2D eigenvalue weighted by atomic mass is 19.4. The van der Waals surface area contributed by atoms with E-state index in [0.29, 0.717) is 5.69 Å². The Labute approximate surface area is 195 Å². The molecule has 1 amide bonds. The maximum absolute atomic E-state index is 13.5. The SMILES string of the molecule is O=C([C@H]1CCCN1)N1[C@@H]2CC[C@H]1c1cc(Nc3ncc(C(F)(F)F)c(NC4CCC4)n3)ccc12. The number of amides is 1. The summed E-state index contributed by atoms with van der Waals surface area (Å²) in [6.45, 7) is 0.880. The molecule has 1 aromatic heterocycles. The van der Waals surface area contributed by atoms with Crippen LogP contribution < -0.4 is 16.0 Å². The molecule has 1 aromatic carbocycles. The van der Waals surface area contributed by atoms with E-state index in [2.05, 4.69) is 25.9 Å². The molecule has 3 fully saturated rings. The van der Waals surface area contributed by atoms with Crippen molar-refractivity contribution in [3.05, 3.63) is 41.1 Å². The average Bonchev–Trinajstić information content (AvgIpc) is 3.51. The zero-order valence-electron chi connectivity index (χ0n) is 18.7. The van der Waals surface area contributed by atoms with Crippen LogP contribution in [0.1, 0.15) is 73.7 Å². The van der Waals surface area contributed by atoms with Gasteiger partial charge in [0.15, 0.2) is 0 Å². The minimum atomic E-state index is -4.53. The van der Waals surface area contributed by atoms with Crippen LogP contribution in [0.25, 0.3) is 0 Å². The normalized spacial score (nSPS) is 25.9. The number of hydrogen-bond donors (Lipinski definition) is 3. The van der Waals surface area contributed by atoms with Crippen LogP contribution in [0.2, 0.25) is 0 Å². The van der Waals surface area contributed by atoms with Crippen molar-refractivity contribution in [2.24, 2.45) is 0 Å². The number of nitrogens with zero attached hydrogens (tertiary/aromatic N) is 3. The number of alkyl halides is 3. The van der Waals surface area contributed by atoms with Crippen LogP contribution in [0, 0.1) is 0 Å². The summed E-state index contributed by atoms with van der Waals surface area (Å²) in [7, 11) is 0. The fourth-order valence-corrected chi connectivity index (χ4v) is 5.68. The molecule has 2 bridgehead atoms. The molecule has 0 radical (unpaired) electrons. The van der Waals surface area contributed by atoms with Gasteiger partial charge in [-0.2, -0.15) is 18.2 Å². The third-order valence-corrected chi connectivity index (χ3v) is 7.60. The number of carbonyl (C=O) groups is 1. The summed E-state index contributed by atoms with van der Waals surface area (Å²) in [5.74, 6) is 0.102. The van der Waals surface area contributed by atoms with E-state index in [4.69, 9.17) is 0 Å². The summed E-state index contributed by atoms with van der Waals surface area (Å²) < 4.78 is 40.4. The van der Waals surface area contributed by atoms with Gasteiger partial charge in [0.2, 0.25) is 11.9 Å². The van der Waals surface area contributed by atoms with Crippen molar-refractivity contribution in [2.75, 3.05) is 17.2 Å². The Balaban J connectivity index is 1.24. The van der Waals surface area contributed by atoms with E-state index in [1.54, 1.807) is 0 Å². The minimum Gasteiger partial charge on any atom is -0.367 e. The van der Waals surface area contributed by atoms with Gasteiger partial charge in [0.05, 0.1) is 18.1 Å². The Morgan fingerprint density at radius 2 is 1.85 bits per heavy atom. The first-order chi connectivity index (χ1) is 16.4. The molecule has 4 aliphatic rings. The Hall–Kier alpha value is -2.88. The molecule has 10 heteroatoms. The first-order valence-corrected chi connectivity index (χ1v) is 12.1. The van der Waals surface area contributed by atoms with Crippen LogP contribution >= 0.6 is 0 Å². The van der Waals surface area contributed by atoms with Gasteiger partial charge in [-0.1, -0.05) is 6.07 Å². The van der Waals surface area contributed by atoms with E-state index in [1.165, 1.54) is 0 Å². The van der Waals surface area contributed by atoms with Crippen molar-refractivity contribution in [3.63, 3.8) is 0 Å². The van der Waals surface area contributed by atoms with Crippen LogP contribution in [0.4, 0.5) is 30.6 Å². The number of aromatic nitrogens is 2. The molecule has 3 N–H and O–H groups in total. The molecule has 1 saturated carbocycles. The largest absolute Gasteiger partial charge is 0.421 e. The maximum Gasteiger partial charge on any atom is 0.421 e. The summed E-state index contributed by atoms with van der Waals surface area (Å²) in [4.78, 5) is 23.3. The van der Waals surface area contributed by atoms with Gasteiger partial charge < -0.3 is 20.9 Å². The van der Waals surface area contributed by atoms with E-state index in [-0.39, 0.29) is 41.8 Å². The third kappa shape index (κ3) is 3.68. The first-order valence-electron chi connectivity index (χ1n) is 12.1. The zero-order valence-corrected chi connectivity index (χ0v) is 18.7. The van der Waals surface area contributed by atoms with Gasteiger partial charge in [-0.3, -0.25) is 4.79 Å². The standard InChI is InChI=1S/C24H27F3N6O/c25-24(26,27)17-12-29-23(32-21(17)30-13-3-1-4-13)31-14-6-7-15-16(11-14)20-9-8-19(15)33(20)22(34)18-5-2-10-28-18/h6-7,11-13,18-20,28H,1-5,8-10H2,(H2,29,30,31,32)/t18-,19-,20+/m1/s1. The molecule has 4 heterocycles. The lowest BCUT2D eigenvalue weighted by atomic mass is 9.91. The average molecular weight is 473 g/mol. The summed E-state index contributed by atoms with van der Waals surface area (Å²) in [6.07, 6.45) is 2.76. The van der Waals surface area contributed by atoms with Gasteiger partial charge in [-0.15, -0.1) is 0 Å². The van der Waals surface area contributed by atoms with Crippen molar-refractivity contribution < 1.29 is 18.0 Å². The molecular weight excluding hydrogens is 445 g/mol. The van der Waals surface area contributed by atoms with E-state index in [9.17, 15) is 18.0 Å². The molecule has 6 rings (SSSR count). The molecule has 2 saturated heterocycles. The quantitative estimate of drug-likeness (QED) is 0.587. The summed E-state index contributed by atoms with van der Waals surface area (Å²) in [5.41, 5.74) is 2.11. The summed E-state index contributed by atoms with van der Waals surface area (Å²) >= 11 is 0. The molecular formula is C24H27F3N6O. The Morgan fingerprint density at radius 1 is 1.06 bits per heavy atom. The smallest absolute Gasteiger partial charge is 0.367 e.